The van der Waals surface area contributed by atoms with E-state index < -0.39 is 4.58 Å². The van der Waals surface area contributed by atoms with Crippen LogP contribution < -0.4 is 9.80 Å². The minimum atomic E-state index is -1.27. The Balaban J connectivity index is 1.94. The van der Waals surface area contributed by atoms with Crippen LogP contribution in [-0.2, 0) is 0 Å². The van der Waals surface area contributed by atoms with Gasteiger partial charge in [0.05, 0.1) is 12.2 Å². The van der Waals surface area contributed by atoms with Gasteiger partial charge in [0.25, 0.3) is 4.58 Å². The van der Waals surface area contributed by atoms with Crippen molar-refractivity contribution in [2.75, 3.05) is 16.3 Å². The summed E-state index contributed by atoms with van der Waals surface area (Å²) in [6.45, 7) is 13.4. The summed E-state index contributed by atoms with van der Waals surface area (Å²) in [4.78, 5) is 4.22. The lowest BCUT2D eigenvalue weighted by atomic mass is 10.0. The van der Waals surface area contributed by atoms with Gasteiger partial charge in [-0.25, -0.2) is 0 Å². The number of hydrogen-bond acceptors (Lipinski definition) is 2. The molecular weight excluding hydrogens is 435 g/mol. The van der Waals surface area contributed by atoms with E-state index in [2.05, 4.69) is 106 Å². The Morgan fingerprint density at radius 1 is 0.719 bits per heavy atom. The first-order valence-corrected chi connectivity index (χ1v) is 11.7. The van der Waals surface area contributed by atoms with Crippen LogP contribution in [0.3, 0.4) is 0 Å². The van der Waals surface area contributed by atoms with Gasteiger partial charge >= 0.3 is 0 Å². The quantitative estimate of drug-likeness (QED) is 0.286. The maximum absolute atomic E-state index is 7.27. The van der Waals surface area contributed by atoms with Crippen LogP contribution in [0.5, 0.6) is 0 Å². The predicted molar refractivity (Wildman–Crippen MR) is 140 cm³/mol. The van der Waals surface area contributed by atoms with E-state index in [1.54, 1.807) is 0 Å². The van der Waals surface area contributed by atoms with Gasteiger partial charge in [-0.1, -0.05) is 88.9 Å². The fraction of sp³-hybridized carbons (Fsp3) is 0.286. The highest BCUT2D eigenvalue weighted by atomic mass is 35.5. The van der Waals surface area contributed by atoms with Gasteiger partial charge in [0.1, 0.15) is 0 Å². The Kier molecular flexibility index (Phi) is 6.04. The lowest BCUT2D eigenvalue weighted by molar-refractivity contribution is 0.800. The standard InChI is InChI=1S/C28H30Cl2N2/c1-18-12-20(3)26(21(4)13-18)31-17-25(16-24-10-8-7-9-11-24)32(28(31,29)30)27-22(5)14-19(2)15-23(27)6/h7-16H,17H2,1-6H3. The Morgan fingerprint density at radius 2 is 1.19 bits per heavy atom. The van der Waals surface area contributed by atoms with Crippen LogP contribution in [0.4, 0.5) is 11.4 Å². The van der Waals surface area contributed by atoms with Crippen LogP contribution in [0, 0.1) is 41.5 Å². The van der Waals surface area contributed by atoms with Crippen molar-refractivity contribution in [3.05, 3.63) is 99.2 Å². The Hall–Kier alpha value is -2.42. The molecule has 0 aromatic heterocycles. The van der Waals surface area contributed by atoms with Crippen molar-refractivity contribution in [3.63, 3.8) is 0 Å². The van der Waals surface area contributed by atoms with Crippen molar-refractivity contribution in [1.29, 1.82) is 0 Å². The molecule has 0 amide bonds. The number of rotatable bonds is 3. The molecule has 166 valence electrons. The summed E-state index contributed by atoms with van der Waals surface area (Å²) in [5, 5.41) is 0. The maximum atomic E-state index is 7.27. The molecule has 0 spiro atoms. The van der Waals surface area contributed by atoms with Gasteiger partial charge in [0.2, 0.25) is 0 Å². The molecule has 0 saturated carbocycles. The van der Waals surface area contributed by atoms with Gasteiger partial charge < -0.3 is 4.90 Å². The molecule has 4 rings (SSSR count). The molecule has 1 saturated heterocycles. The molecule has 0 N–H and O–H groups in total. The first kappa shape index (κ1) is 22.8. The van der Waals surface area contributed by atoms with Gasteiger partial charge in [-0.15, -0.1) is 0 Å². The summed E-state index contributed by atoms with van der Waals surface area (Å²) in [6.07, 6.45) is 2.19. The zero-order valence-corrected chi connectivity index (χ0v) is 21.1. The maximum Gasteiger partial charge on any atom is 0.275 e. The third kappa shape index (κ3) is 4.02. The van der Waals surface area contributed by atoms with E-state index >= 15 is 0 Å². The highest BCUT2D eigenvalue weighted by molar-refractivity contribution is 6.51. The van der Waals surface area contributed by atoms with E-state index in [0.29, 0.717) is 6.54 Å². The highest BCUT2D eigenvalue weighted by Gasteiger charge is 2.49. The molecule has 4 heteroatoms. The van der Waals surface area contributed by atoms with Gasteiger partial charge in [-0.05, 0) is 75.4 Å². The van der Waals surface area contributed by atoms with Crippen molar-refractivity contribution in [2.24, 2.45) is 0 Å². The first-order valence-electron chi connectivity index (χ1n) is 11.0. The normalized spacial score (nSPS) is 16.8. The van der Waals surface area contributed by atoms with Crippen LogP contribution >= 0.6 is 23.2 Å². The lowest BCUT2D eigenvalue weighted by Crippen LogP contribution is -2.45. The molecule has 1 heterocycles. The van der Waals surface area contributed by atoms with Crippen LogP contribution in [0.15, 0.2) is 60.3 Å². The molecule has 1 fully saturated rings. The van der Waals surface area contributed by atoms with Crippen LogP contribution in [0.25, 0.3) is 6.08 Å². The first-order chi connectivity index (χ1) is 15.1. The largest absolute Gasteiger partial charge is 0.316 e. The number of benzene rings is 3. The number of halogens is 2. The molecule has 32 heavy (non-hydrogen) atoms. The molecule has 0 bridgehead atoms. The smallest absolute Gasteiger partial charge is 0.275 e. The van der Waals surface area contributed by atoms with E-state index in [9.17, 15) is 0 Å². The topological polar surface area (TPSA) is 6.48 Å². The second-order valence-corrected chi connectivity index (χ2v) is 10.2. The summed E-state index contributed by atoms with van der Waals surface area (Å²) >= 11 is 14.5. The molecule has 0 aliphatic carbocycles. The van der Waals surface area contributed by atoms with Gasteiger partial charge in [-0.2, -0.15) is 0 Å². The number of aryl methyl sites for hydroxylation is 6. The van der Waals surface area contributed by atoms with Crippen molar-refractivity contribution >= 4 is 40.7 Å². The zero-order chi connectivity index (χ0) is 23.2. The Morgan fingerprint density at radius 3 is 1.69 bits per heavy atom. The molecule has 2 nitrogen and oxygen atoms in total. The van der Waals surface area contributed by atoms with E-state index in [1.165, 1.54) is 22.3 Å². The van der Waals surface area contributed by atoms with Crippen molar-refractivity contribution < 1.29 is 0 Å². The number of anilines is 2. The summed E-state index contributed by atoms with van der Waals surface area (Å²) in [6, 6.07) is 19.1. The van der Waals surface area contributed by atoms with Crippen molar-refractivity contribution in [3.8, 4) is 0 Å². The molecule has 1 aliphatic rings. The van der Waals surface area contributed by atoms with Crippen molar-refractivity contribution in [2.45, 2.75) is 46.1 Å². The van der Waals surface area contributed by atoms with Crippen molar-refractivity contribution in [1.82, 2.24) is 0 Å². The monoisotopic (exact) mass is 464 g/mol. The van der Waals surface area contributed by atoms with Gasteiger partial charge in [-0.3, -0.25) is 4.90 Å². The van der Waals surface area contributed by atoms with Gasteiger partial charge in [0.15, 0.2) is 0 Å². The van der Waals surface area contributed by atoms with Crippen LogP contribution in [0.1, 0.15) is 38.9 Å². The number of alkyl halides is 2. The summed E-state index contributed by atoms with van der Waals surface area (Å²) in [7, 11) is 0. The zero-order valence-electron chi connectivity index (χ0n) is 19.6. The third-order valence-corrected chi connectivity index (χ3v) is 6.84. The average molecular weight is 465 g/mol. The van der Waals surface area contributed by atoms with E-state index in [1.807, 2.05) is 6.07 Å². The second kappa shape index (κ2) is 8.50. The Labute approximate surface area is 202 Å². The molecular formula is C28H30Cl2N2. The molecule has 3 aromatic rings. The SMILES string of the molecule is Cc1cc(C)c(N2CC(=Cc3ccccc3)N(c3c(C)cc(C)cc3C)C2(Cl)Cl)c(C)c1. The second-order valence-electron chi connectivity index (χ2n) is 8.97. The van der Waals surface area contributed by atoms with Crippen LogP contribution in [0.2, 0.25) is 0 Å². The molecule has 1 aliphatic heterocycles. The fourth-order valence-corrected chi connectivity index (χ4v) is 5.76. The minimum Gasteiger partial charge on any atom is -0.316 e. The molecule has 0 unspecified atom stereocenters. The molecule has 0 atom stereocenters. The van der Waals surface area contributed by atoms with Crippen LogP contribution in [-0.4, -0.2) is 11.1 Å². The average Bonchev–Trinajstić information content (AvgIpc) is 2.92. The van der Waals surface area contributed by atoms with E-state index in [-0.39, 0.29) is 0 Å². The predicted octanol–water partition coefficient (Wildman–Crippen LogP) is 7.99. The fourth-order valence-electron chi connectivity index (χ4n) is 5.09. The van der Waals surface area contributed by atoms with Gasteiger partial charge in [0, 0.05) is 11.4 Å². The number of nitrogens with zero attached hydrogens (tertiary/aromatic N) is 2. The molecule has 3 aromatic carbocycles. The molecule has 0 radical (unpaired) electrons. The Bertz CT molecular complexity index is 1150. The highest BCUT2D eigenvalue weighted by Crippen LogP contribution is 2.49. The van der Waals surface area contributed by atoms with E-state index in [0.717, 1.165) is 33.8 Å². The number of hydrogen-bond donors (Lipinski definition) is 0. The summed E-state index contributed by atoms with van der Waals surface area (Å²) < 4.78 is -1.27. The minimum absolute atomic E-state index is 0.611. The summed E-state index contributed by atoms with van der Waals surface area (Å²) in [5.41, 5.74) is 11.5. The summed E-state index contributed by atoms with van der Waals surface area (Å²) in [5.74, 6) is 0. The lowest BCUT2D eigenvalue weighted by Gasteiger charge is -2.38. The van der Waals surface area contributed by atoms with E-state index in [4.69, 9.17) is 23.2 Å². The third-order valence-electron chi connectivity index (χ3n) is 6.10.